The molecule has 0 radical (unpaired) electrons. The van der Waals surface area contributed by atoms with Crippen LogP contribution in [0.15, 0.2) is 42.5 Å². The number of anilines is 1. The summed E-state index contributed by atoms with van der Waals surface area (Å²) in [5.41, 5.74) is 1.09. The van der Waals surface area contributed by atoms with Crippen molar-refractivity contribution in [3.63, 3.8) is 0 Å². The van der Waals surface area contributed by atoms with Crippen LogP contribution in [-0.4, -0.2) is 17.4 Å². The van der Waals surface area contributed by atoms with Crippen LogP contribution in [-0.2, 0) is 4.79 Å². The van der Waals surface area contributed by atoms with Gasteiger partial charge in [-0.2, -0.15) is 0 Å². The lowest BCUT2D eigenvalue weighted by Gasteiger charge is -2.08. The molecule has 1 amide bonds. The third-order valence-corrected chi connectivity index (χ3v) is 3.01. The van der Waals surface area contributed by atoms with Crippen molar-refractivity contribution in [2.75, 3.05) is 11.9 Å². The number of nitro benzene ring substituents is 1. The molecule has 7 heteroatoms. The second kappa shape index (κ2) is 6.91. The van der Waals surface area contributed by atoms with Crippen LogP contribution in [0.1, 0.15) is 5.56 Å². The zero-order valence-corrected chi connectivity index (χ0v) is 12.5. The number of aryl methyl sites for hydroxylation is 1. The van der Waals surface area contributed by atoms with Gasteiger partial charge < -0.3 is 10.1 Å². The van der Waals surface area contributed by atoms with Crippen LogP contribution in [0.4, 0.5) is 11.4 Å². The van der Waals surface area contributed by atoms with Crippen molar-refractivity contribution in [2.45, 2.75) is 6.92 Å². The minimum Gasteiger partial charge on any atom is -0.477 e. The van der Waals surface area contributed by atoms with E-state index in [4.69, 9.17) is 16.3 Å². The Morgan fingerprint density at radius 3 is 2.77 bits per heavy atom. The van der Waals surface area contributed by atoms with Crippen molar-refractivity contribution >= 4 is 28.9 Å². The number of hydrogen-bond acceptors (Lipinski definition) is 4. The summed E-state index contributed by atoms with van der Waals surface area (Å²) in [4.78, 5) is 22.2. The highest BCUT2D eigenvalue weighted by Gasteiger charge is 2.16. The maximum Gasteiger partial charge on any atom is 0.311 e. The minimum atomic E-state index is -0.544. The van der Waals surface area contributed by atoms with Crippen molar-refractivity contribution in [3.05, 3.63) is 63.2 Å². The average Bonchev–Trinajstić information content (AvgIpc) is 2.45. The van der Waals surface area contributed by atoms with Crippen molar-refractivity contribution in [2.24, 2.45) is 0 Å². The molecule has 0 spiro atoms. The van der Waals surface area contributed by atoms with Gasteiger partial charge in [-0.25, -0.2) is 0 Å². The SMILES string of the molecule is Cc1ccc(OCC(=O)Nc2cccc(Cl)c2)c([N+](=O)[O-])c1. The quantitative estimate of drug-likeness (QED) is 0.674. The van der Waals surface area contributed by atoms with Gasteiger partial charge in [0.2, 0.25) is 0 Å². The van der Waals surface area contributed by atoms with Crippen molar-refractivity contribution in [1.29, 1.82) is 0 Å². The first kappa shape index (κ1) is 15.8. The Bertz CT molecular complexity index is 718. The van der Waals surface area contributed by atoms with Crippen molar-refractivity contribution in [1.82, 2.24) is 0 Å². The molecule has 0 atom stereocenters. The second-order valence-electron chi connectivity index (χ2n) is 4.58. The molecule has 0 fully saturated rings. The van der Waals surface area contributed by atoms with Gasteiger partial charge in [-0.1, -0.05) is 23.7 Å². The fourth-order valence-electron chi connectivity index (χ4n) is 1.80. The smallest absolute Gasteiger partial charge is 0.311 e. The van der Waals surface area contributed by atoms with Crippen LogP contribution in [0.2, 0.25) is 5.02 Å². The molecule has 0 saturated carbocycles. The molecule has 1 N–H and O–H groups in total. The van der Waals surface area contributed by atoms with Crippen LogP contribution < -0.4 is 10.1 Å². The van der Waals surface area contributed by atoms with Crippen LogP contribution in [0, 0.1) is 17.0 Å². The van der Waals surface area contributed by atoms with Crippen molar-refractivity contribution in [3.8, 4) is 5.75 Å². The molecule has 0 aliphatic heterocycles. The molecule has 22 heavy (non-hydrogen) atoms. The van der Waals surface area contributed by atoms with Gasteiger partial charge in [0.1, 0.15) is 0 Å². The van der Waals surface area contributed by atoms with Crippen LogP contribution >= 0.6 is 11.6 Å². The summed E-state index contributed by atoms with van der Waals surface area (Å²) in [7, 11) is 0. The van der Waals surface area contributed by atoms with E-state index in [0.717, 1.165) is 5.56 Å². The van der Waals surface area contributed by atoms with E-state index < -0.39 is 10.8 Å². The number of nitro groups is 1. The summed E-state index contributed by atoms with van der Waals surface area (Å²) in [6.07, 6.45) is 0. The molecule has 2 rings (SSSR count). The highest BCUT2D eigenvalue weighted by molar-refractivity contribution is 6.30. The van der Waals surface area contributed by atoms with Crippen LogP contribution in [0.3, 0.4) is 0 Å². The number of nitrogens with one attached hydrogen (secondary N) is 1. The lowest BCUT2D eigenvalue weighted by molar-refractivity contribution is -0.385. The number of hydrogen-bond donors (Lipinski definition) is 1. The first-order valence-corrected chi connectivity index (χ1v) is 6.77. The van der Waals surface area contributed by atoms with E-state index in [2.05, 4.69) is 5.32 Å². The van der Waals surface area contributed by atoms with Crippen LogP contribution in [0.5, 0.6) is 5.75 Å². The summed E-state index contributed by atoms with van der Waals surface area (Å²) < 4.78 is 5.23. The third-order valence-electron chi connectivity index (χ3n) is 2.78. The highest BCUT2D eigenvalue weighted by atomic mass is 35.5. The molecule has 0 bridgehead atoms. The lowest BCUT2D eigenvalue weighted by atomic mass is 10.2. The predicted octanol–water partition coefficient (Wildman–Crippen LogP) is 3.57. The summed E-state index contributed by atoms with van der Waals surface area (Å²) in [5, 5.41) is 14.0. The maximum absolute atomic E-state index is 11.8. The van der Waals surface area contributed by atoms with E-state index >= 15 is 0 Å². The number of rotatable bonds is 5. The normalized spacial score (nSPS) is 10.1. The van der Waals surface area contributed by atoms with Gasteiger partial charge in [-0.3, -0.25) is 14.9 Å². The summed E-state index contributed by atoms with van der Waals surface area (Å²) >= 11 is 5.81. The molecule has 0 aromatic heterocycles. The fourth-order valence-corrected chi connectivity index (χ4v) is 1.99. The monoisotopic (exact) mass is 320 g/mol. The van der Waals surface area contributed by atoms with Gasteiger partial charge in [0, 0.05) is 16.8 Å². The molecule has 0 aliphatic rings. The van der Waals surface area contributed by atoms with Gasteiger partial charge in [-0.15, -0.1) is 0 Å². The zero-order valence-electron chi connectivity index (χ0n) is 11.7. The van der Waals surface area contributed by atoms with E-state index in [0.29, 0.717) is 10.7 Å². The first-order chi connectivity index (χ1) is 10.5. The van der Waals surface area contributed by atoms with E-state index in [9.17, 15) is 14.9 Å². The van der Waals surface area contributed by atoms with Gasteiger partial charge in [0.15, 0.2) is 12.4 Å². The van der Waals surface area contributed by atoms with Gasteiger partial charge in [0.05, 0.1) is 4.92 Å². The molecular formula is C15H13ClN2O4. The molecule has 2 aromatic carbocycles. The Morgan fingerprint density at radius 1 is 1.32 bits per heavy atom. The molecule has 6 nitrogen and oxygen atoms in total. The standard InChI is InChI=1S/C15H13ClN2O4/c1-10-5-6-14(13(7-10)18(20)21)22-9-15(19)17-12-4-2-3-11(16)8-12/h2-8H,9H2,1H3,(H,17,19). The number of halogens is 1. The molecular weight excluding hydrogens is 308 g/mol. The molecule has 2 aromatic rings. The largest absolute Gasteiger partial charge is 0.477 e. The van der Waals surface area contributed by atoms with Gasteiger partial charge in [0.25, 0.3) is 5.91 Å². The fraction of sp³-hybridized carbons (Fsp3) is 0.133. The van der Waals surface area contributed by atoms with Gasteiger partial charge >= 0.3 is 5.69 Å². The first-order valence-electron chi connectivity index (χ1n) is 6.39. The minimum absolute atomic E-state index is 0.0526. The Kier molecular flexibility index (Phi) is 4.95. The summed E-state index contributed by atoms with van der Waals surface area (Å²) in [5.74, 6) is -0.381. The number of nitrogens with zero attached hydrogens (tertiary/aromatic N) is 1. The van der Waals surface area contributed by atoms with Crippen molar-refractivity contribution < 1.29 is 14.5 Å². The van der Waals surface area contributed by atoms with E-state index in [1.807, 2.05) is 0 Å². The van der Waals surface area contributed by atoms with Crippen LogP contribution in [0.25, 0.3) is 0 Å². The molecule has 0 heterocycles. The molecule has 0 saturated heterocycles. The predicted molar refractivity (Wildman–Crippen MR) is 83.4 cm³/mol. The van der Waals surface area contributed by atoms with Gasteiger partial charge in [-0.05, 0) is 36.8 Å². The maximum atomic E-state index is 11.8. The molecule has 0 unspecified atom stereocenters. The third kappa shape index (κ3) is 4.20. The Labute approximate surface area is 131 Å². The number of amides is 1. The number of benzene rings is 2. The zero-order chi connectivity index (χ0) is 16.1. The summed E-state index contributed by atoms with van der Waals surface area (Å²) in [6.45, 7) is 1.40. The Morgan fingerprint density at radius 2 is 2.09 bits per heavy atom. The Balaban J connectivity index is 2.01. The molecule has 114 valence electrons. The number of carbonyl (C=O) groups is 1. The number of ether oxygens (including phenoxy) is 1. The summed E-state index contributed by atoms with van der Waals surface area (Å²) in [6, 6.07) is 11.2. The number of carbonyl (C=O) groups excluding carboxylic acids is 1. The lowest BCUT2D eigenvalue weighted by Crippen LogP contribution is -2.20. The van der Waals surface area contributed by atoms with E-state index in [1.54, 1.807) is 37.3 Å². The van der Waals surface area contributed by atoms with E-state index in [-0.39, 0.29) is 18.0 Å². The topological polar surface area (TPSA) is 81.5 Å². The molecule has 0 aliphatic carbocycles. The second-order valence-corrected chi connectivity index (χ2v) is 5.01. The average molecular weight is 321 g/mol. The highest BCUT2D eigenvalue weighted by Crippen LogP contribution is 2.27. The Hall–Kier alpha value is -2.60. The van der Waals surface area contributed by atoms with E-state index in [1.165, 1.54) is 12.1 Å².